The molecule has 9 heteroatoms. The number of aryl methyl sites for hydroxylation is 2. The lowest BCUT2D eigenvalue weighted by Crippen LogP contribution is -2.17. The minimum absolute atomic E-state index is 0.164. The van der Waals surface area contributed by atoms with Gasteiger partial charge in [0.05, 0.1) is 11.1 Å². The number of nitrogens with two attached hydrogens (primary N) is 1. The molecule has 0 amide bonds. The second kappa shape index (κ2) is 7.40. The zero-order chi connectivity index (χ0) is 18.1. The fourth-order valence-electron chi connectivity index (χ4n) is 3.35. The quantitative estimate of drug-likeness (QED) is 0.627. The van der Waals surface area contributed by atoms with E-state index in [0.717, 1.165) is 35.9 Å². The van der Waals surface area contributed by atoms with E-state index in [2.05, 4.69) is 22.1 Å². The van der Waals surface area contributed by atoms with E-state index in [4.69, 9.17) is 10.7 Å². The van der Waals surface area contributed by atoms with Crippen molar-refractivity contribution in [3.8, 4) is 0 Å². The lowest BCUT2D eigenvalue weighted by Gasteiger charge is -2.10. The van der Waals surface area contributed by atoms with Crippen LogP contribution in [0.1, 0.15) is 48.9 Å². The molecule has 7 nitrogen and oxygen atoms in total. The van der Waals surface area contributed by atoms with Gasteiger partial charge >= 0.3 is 5.69 Å². The molecule has 138 valence electrons. The summed E-state index contributed by atoms with van der Waals surface area (Å²) in [6, 6.07) is 0. The van der Waals surface area contributed by atoms with Gasteiger partial charge in [0, 0.05) is 11.4 Å². The van der Waals surface area contributed by atoms with Gasteiger partial charge in [-0.1, -0.05) is 25.1 Å². The number of nitrogen functional groups attached to an aromatic ring is 1. The van der Waals surface area contributed by atoms with Gasteiger partial charge in [-0.05, 0) is 37.7 Å². The van der Waals surface area contributed by atoms with Crippen molar-refractivity contribution < 1.29 is 0 Å². The molecule has 4 rings (SSSR count). The summed E-state index contributed by atoms with van der Waals surface area (Å²) in [6.07, 6.45) is 6.63. The molecule has 3 aromatic heterocycles. The topological polar surface area (TPSA) is 102 Å². The number of H-pyrrole nitrogens is 1. The Balaban J connectivity index is 1.58. The molecule has 3 N–H and O–H groups in total. The second-order valence-corrected chi connectivity index (χ2v) is 8.55. The first-order chi connectivity index (χ1) is 12.7. The zero-order valence-corrected chi connectivity index (χ0v) is 16.4. The van der Waals surface area contributed by atoms with Crippen molar-refractivity contribution >= 4 is 39.1 Å². The Kier molecular flexibility index (Phi) is 4.99. The van der Waals surface area contributed by atoms with Crippen molar-refractivity contribution in [1.82, 2.24) is 24.7 Å². The lowest BCUT2D eigenvalue weighted by molar-refractivity contribution is 0.573. The molecule has 0 fully saturated rings. The van der Waals surface area contributed by atoms with Crippen molar-refractivity contribution in [2.75, 3.05) is 5.73 Å². The molecule has 0 aromatic carbocycles. The largest absolute Gasteiger partial charge is 0.383 e. The van der Waals surface area contributed by atoms with E-state index in [-0.39, 0.29) is 5.69 Å². The van der Waals surface area contributed by atoms with Crippen LogP contribution in [0.3, 0.4) is 0 Å². The Morgan fingerprint density at radius 2 is 2.15 bits per heavy atom. The minimum Gasteiger partial charge on any atom is -0.383 e. The third kappa shape index (κ3) is 3.25. The standard InChI is InChI=1S/C17H22N6OS2/c1-2-3-8-23-16(24)21-22-17(23)25-9-12-19-14(18)13-10-6-4-5-7-11(10)26-15(13)20-12/h2-9H2,1H3,(H,21,24)(H2,18,19,20). The molecular weight excluding hydrogens is 368 g/mol. The first-order valence-corrected chi connectivity index (χ1v) is 10.8. The number of thioether (sulfide) groups is 1. The van der Waals surface area contributed by atoms with E-state index in [0.29, 0.717) is 29.1 Å². The highest BCUT2D eigenvalue weighted by atomic mass is 32.2. The lowest BCUT2D eigenvalue weighted by atomic mass is 9.97. The summed E-state index contributed by atoms with van der Waals surface area (Å²) >= 11 is 3.22. The molecule has 1 aliphatic carbocycles. The van der Waals surface area contributed by atoms with E-state index in [1.165, 1.54) is 35.0 Å². The van der Waals surface area contributed by atoms with Crippen molar-refractivity contribution in [2.24, 2.45) is 0 Å². The molecule has 3 heterocycles. The first kappa shape index (κ1) is 17.5. The van der Waals surface area contributed by atoms with E-state index in [1.807, 2.05) is 0 Å². The average molecular weight is 391 g/mol. The van der Waals surface area contributed by atoms with Crippen molar-refractivity contribution in [1.29, 1.82) is 0 Å². The zero-order valence-electron chi connectivity index (χ0n) is 14.7. The van der Waals surface area contributed by atoms with Crippen molar-refractivity contribution in [3.63, 3.8) is 0 Å². The first-order valence-electron chi connectivity index (χ1n) is 9.02. The Morgan fingerprint density at radius 1 is 1.31 bits per heavy atom. The monoisotopic (exact) mass is 390 g/mol. The molecule has 26 heavy (non-hydrogen) atoms. The molecule has 0 atom stereocenters. The molecule has 0 saturated carbocycles. The molecule has 0 bridgehead atoms. The highest BCUT2D eigenvalue weighted by Gasteiger charge is 2.20. The molecule has 0 spiro atoms. The van der Waals surface area contributed by atoms with E-state index < -0.39 is 0 Å². The van der Waals surface area contributed by atoms with Crippen LogP contribution in [-0.2, 0) is 25.1 Å². The van der Waals surface area contributed by atoms with Gasteiger partial charge in [0.15, 0.2) is 5.16 Å². The van der Waals surface area contributed by atoms with E-state index >= 15 is 0 Å². The summed E-state index contributed by atoms with van der Waals surface area (Å²) in [4.78, 5) is 23.5. The van der Waals surface area contributed by atoms with Crippen LogP contribution in [0.2, 0.25) is 0 Å². The van der Waals surface area contributed by atoms with Crippen LogP contribution < -0.4 is 11.4 Å². The van der Waals surface area contributed by atoms with Gasteiger partial charge in [0.25, 0.3) is 0 Å². The van der Waals surface area contributed by atoms with Crippen LogP contribution in [0.25, 0.3) is 10.2 Å². The number of unbranched alkanes of at least 4 members (excludes halogenated alkanes) is 1. The molecule has 0 saturated heterocycles. The summed E-state index contributed by atoms with van der Waals surface area (Å²) in [7, 11) is 0. The van der Waals surface area contributed by atoms with Gasteiger partial charge in [-0.2, -0.15) is 0 Å². The molecule has 0 radical (unpaired) electrons. The SMILES string of the molecule is CCCCn1c(SCc2nc(N)c3c4c(sc3n2)CCCC4)n[nH]c1=O. The van der Waals surface area contributed by atoms with Crippen molar-refractivity contribution in [2.45, 2.75) is 62.9 Å². The van der Waals surface area contributed by atoms with Gasteiger partial charge < -0.3 is 5.73 Å². The number of aromatic amines is 1. The highest BCUT2D eigenvalue weighted by molar-refractivity contribution is 7.98. The maximum absolute atomic E-state index is 11.9. The van der Waals surface area contributed by atoms with Crippen LogP contribution >= 0.6 is 23.1 Å². The van der Waals surface area contributed by atoms with E-state index in [9.17, 15) is 4.79 Å². The third-order valence-corrected chi connectivity index (χ3v) is 6.84. The molecule has 0 unspecified atom stereocenters. The Morgan fingerprint density at radius 3 is 3.00 bits per heavy atom. The van der Waals surface area contributed by atoms with Crippen molar-refractivity contribution in [3.05, 3.63) is 26.7 Å². The average Bonchev–Trinajstić information content (AvgIpc) is 3.18. The van der Waals surface area contributed by atoms with Gasteiger partial charge in [-0.25, -0.2) is 19.9 Å². The maximum Gasteiger partial charge on any atom is 0.343 e. The second-order valence-electron chi connectivity index (χ2n) is 6.52. The summed E-state index contributed by atoms with van der Waals surface area (Å²) < 4.78 is 1.68. The highest BCUT2D eigenvalue weighted by Crippen LogP contribution is 2.38. The Labute approximate surface area is 159 Å². The third-order valence-electron chi connectivity index (χ3n) is 4.68. The normalized spacial score (nSPS) is 14.0. The van der Waals surface area contributed by atoms with Crippen LogP contribution in [0, 0.1) is 0 Å². The minimum atomic E-state index is -0.164. The number of aromatic nitrogens is 5. The molecular formula is C17H22N6OS2. The van der Waals surface area contributed by atoms with E-state index in [1.54, 1.807) is 15.9 Å². The Hall–Kier alpha value is -1.87. The summed E-state index contributed by atoms with van der Waals surface area (Å²) in [5.41, 5.74) is 7.45. The Bertz CT molecular complexity index is 989. The fourth-order valence-corrected chi connectivity index (χ4v) is 5.47. The number of nitrogens with one attached hydrogen (secondary N) is 1. The number of anilines is 1. The van der Waals surface area contributed by atoms with Crippen LogP contribution in [0.15, 0.2) is 9.95 Å². The van der Waals surface area contributed by atoms with Gasteiger partial charge in [0.2, 0.25) is 0 Å². The molecule has 3 aromatic rings. The summed E-state index contributed by atoms with van der Waals surface area (Å²) in [6.45, 7) is 2.78. The number of hydrogen-bond acceptors (Lipinski definition) is 7. The number of hydrogen-bond donors (Lipinski definition) is 2. The molecule has 1 aliphatic rings. The van der Waals surface area contributed by atoms with Crippen LogP contribution in [0.4, 0.5) is 5.82 Å². The maximum atomic E-state index is 11.9. The summed E-state index contributed by atoms with van der Waals surface area (Å²) in [5, 5.41) is 8.39. The van der Waals surface area contributed by atoms with Gasteiger partial charge in [0.1, 0.15) is 16.5 Å². The number of fused-ring (bicyclic) bond motifs is 3. The van der Waals surface area contributed by atoms with Gasteiger partial charge in [-0.3, -0.25) is 4.57 Å². The number of rotatable bonds is 6. The number of thiophene rings is 1. The molecule has 0 aliphatic heterocycles. The number of nitrogens with zero attached hydrogens (tertiary/aromatic N) is 4. The predicted octanol–water partition coefficient (Wildman–Crippen LogP) is 3.13. The van der Waals surface area contributed by atoms with Crippen LogP contribution in [-0.4, -0.2) is 24.7 Å². The predicted molar refractivity (Wildman–Crippen MR) is 106 cm³/mol. The summed E-state index contributed by atoms with van der Waals surface area (Å²) in [5.74, 6) is 1.81. The van der Waals surface area contributed by atoms with Crippen LogP contribution in [0.5, 0.6) is 0 Å². The smallest absolute Gasteiger partial charge is 0.343 e. The fraction of sp³-hybridized carbons (Fsp3) is 0.529. The van der Waals surface area contributed by atoms with Gasteiger partial charge in [-0.15, -0.1) is 16.4 Å².